The highest BCUT2D eigenvalue weighted by molar-refractivity contribution is 7.16. The highest BCUT2D eigenvalue weighted by Crippen LogP contribution is 2.26. The predicted molar refractivity (Wildman–Crippen MR) is 66.2 cm³/mol. The Bertz CT molecular complexity index is 213. The molecule has 0 radical (unpaired) electrons. The molecule has 0 aromatic heterocycles. The summed E-state index contributed by atoms with van der Waals surface area (Å²) in [6.07, 6.45) is 0.402. The molecule has 5 heteroatoms. The number of aliphatic hydroxyl groups excluding tert-OH is 2. The van der Waals surface area contributed by atoms with Crippen LogP contribution in [0, 0.1) is 11.3 Å². The molecule has 0 saturated heterocycles. The van der Waals surface area contributed by atoms with E-state index in [4.69, 9.17) is 14.9 Å². The third kappa shape index (κ3) is 7.15. The van der Waals surface area contributed by atoms with Gasteiger partial charge in [-0.05, 0) is 18.0 Å². The van der Waals surface area contributed by atoms with Gasteiger partial charge in [-0.2, -0.15) is 0 Å². The quantitative estimate of drug-likeness (QED) is 0.541. The van der Waals surface area contributed by atoms with Crippen LogP contribution in [-0.4, -0.2) is 41.7 Å². The maximum Gasteiger partial charge on any atom is 0.309 e. The minimum atomic E-state index is -0.983. The lowest BCUT2D eigenvalue weighted by Gasteiger charge is -2.24. The van der Waals surface area contributed by atoms with Crippen molar-refractivity contribution in [3.05, 3.63) is 0 Å². The molecule has 16 heavy (non-hydrogen) atoms. The molecule has 3 atom stereocenters. The first-order chi connectivity index (χ1) is 7.30. The van der Waals surface area contributed by atoms with Crippen molar-refractivity contribution >= 4 is 15.2 Å². The molecule has 4 nitrogen and oxygen atoms in total. The summed E-state index contributed by atoms with van der Waals surface area (Å²) in [6, 6.07) is 0. The lowest BCUT2D eigenvalue weighted by Crippen LogP contribution is -2.28. The maximum absolute atomic E-state index is 11.6. The first-order valence-electron chi connectivity index (χ1n) is 5.45. The second-order valence-corrected chi connectivity index (χ2v) is 5.64. The number of aliphatic hydroxyl groups is 2. The SMILES string of the molecule is CC(C)(C)CC(CP)C(=O)OCC(O)CO. The zero-order valence-electron chi connectivity index (χ0n) is 10.3. The van der Waals surface area contributed by atoms with Gasteiger partial charge in [-0.3, -0.25) is 4.79 Å². The van der Waals surface area contributed by atoms with Crippen LogP contribution in [0.2, 0.25) is 0 Å². The molecule has 0 bridgehead atoms. The molecule has 3 unspecified atom stereocenters. The van der Waals surface area contributed by atoms with Gasteiger partial charge in [0.05, 0.1) is 12.5 Å². The average Bonchev–Trinajstić information content (AvgIpc) is 2.20. The van der Waals surface area contributed by atoms with Gasteiger partial charge in [0, 0.05) is 0 Å². The molecule has 0 amide bonds. The van der Waals surface area contributed by atoms with E-state index in [1.165, 1.54) is 0 Å². The summed E-state index contributed by atoms with van der Waals surface area (Å²) >= 11 is 0. The van der Waals surface area contributed by atoms with E-state index in [1.807, 2.05) is 0 Å². The van der Waals surface area contributed by atoms with Crippen LogP contribution in [0.1, 0.15) is 27.2 Å². The van der Waals surface area contributed by atoms with E-state index < -0.39 is 12.7 Å². The van der Waals surface area contributed by atoms with Crippen molar-refractivity contribution in [2.45, 2.75) is 33.3 Å². The van der Waals surface area contributed by atoms with Crippen molar-refractivity contribution in [3.8, 4) is 0 Å². The van der Waals surface area contributed by atoms with E-state index in [0.717, 1.165) is 6.42 Å². The van der Waals surface area contributed by atoms with Crippen LogP contribution < -0.4 is 0 Å². The highest BCUT2D eigenvalue weighted by atomic mass is 31.0. The average molecular weight is 250 g/mol. The topological polar surface area (TPSA) is 66.8 Å². The Hall–Kier alpha value is -0.180. The zero-order chi connectivity index (χ0) is 12.8. The van der Waals surface area contributed by atoms with Gasteiger partial charge >= 0.3 is 5.97 Å². The van der Waals surface area contributed by atoms with Gasteiger partial charge in [0.15, 0.2) is 0 Å². The molecule has 2 N–H and O–H groups in total. The van der Waals surface area contributed by atoms with Crippen LogP contribution >= 0.6 is 9.24 Å². The van der Waals surface area contributed by atoms with Gasteiger partial charge in [0.1, 0.15) is 12.7 Å². The van der Waals surface area contributed by atoms with Crippen molar-refractivity contribution in [2.24, 2.45) is 11.3 Å². The summed E-state index contributed by atoms with van der Waals surface area (Å²) in [5, 5.41) is 17.6. The van der Waals surface area contributed by atoms with Crippen molar-refractivity contribution in [2.75, 3.05) is 19.4 Å². The van der Waals surface area contributed by atoms with Gasteiger partial charge in [-0.1, -0.05) is 20.8 Å². The van der Waals surface area contributed by atoms with Crippen LogP contribution in [0.5, 0.6) is 0 Å². The number of hydrogen-bond donors (Lipinski definition) is 2. The molecule has 0 saturated carbocycles. The Morgan fingerprint density at radius 2 is 2.00 bits per heavy atom. The number of ether oxygens (including phenoxy) is 1. The van der Waals surface area contributed by atoms with Crippen LogP contribution in [0.15, 0.2) is 0 Å². The number of hydrogen-bond acceptors (Lipinski definition) is 4. The number of carbonyl (C=O) groups excluding carboxylic acids is 1. The molecule has 0 aromatic rings. The molecule has 0 rings (SSSR count). The molecule has 0 fully saturated rings. The third-order valence-electron chi connectivity index (χ3n) is 2.11. The van der Waals surface area contributed by atoms with E-state index in [-0.39, 0.29) is 23.9 Å². The van der Waals surface area contributed by atoms with Gasteiger partial charge < -0.3 is 14.9 Å². The number of rotatable bonds is 6. The fraction of sp³-hybridized carbons (Fsp3) is 0.909. The van der Waals surface area contributed by atoms with Gasteiger partial charge in [0.2, 0.25) is 0 Å². The van der Waals surface area contributed by atoms with Gasteiger partial charge in [-0.25, -0.2) is 0 Å². The normalized spacial score (nSPS) is 15.6. The lowest BCUT2D eigenvalue weighted by atomic mass is 9.85. The molecular weight excluding hydrogens is 227 g/mol. The molecule has 96 valence electrons. The van der Waals surface area contributed by atoms with Crippen molar-refractivity contribution < 1.29 is 19.7 Å². The minimum absolute atomic E-state index is 0.0653. The number of esters is 1. The van der Waals surface area contributed by atoms with Crippen molar-refractivity contribution in [3.63, 3.8) is 0 Å². The predicted octanol–water partition coefficient (Wildman–Crippen LogP) is 0.810. The fourth-order valence-electron chi connectivity index (χ4n) is 1.35. The molecule has 0 heterocycles. The Kier molecular flexibility index (Phi) is 7.12. The Morgan fingerprint density at radius 3 is 2.38 bits per heavy atom. The summed E-state index contributed by atoms with van der Waals surface area (Å²) in [7, 11) is 2.54. The summed E-state index contributed by atoms with van der Waals surface area (Å²) in [5.41, 5.74) is 0.0653. The van der Waals surface area contributed by atoms with Crippen LogP contribution in [-0.2, 0) is 9.53 Å². The Balaban J connectivity index is 4.11. The second-order valence-electron chi connectivity index (χ2n) is 5.16. The lowest BCUT2D eigenvalue weighted by molar-refractivity contribution is -0.152. The standard InChI is InChI=1S/C11H23O4P/c1-11(2,3)4-8(7-16)10(14)15-6-9(13)5-12/h8-9,12-13H,4-7,16H2,1-3H3. The van der Waals surface area contributed by atoms with E-state index in [2.05, 4.69) is 30.0 Å². The smallest absolute Gasteiger partial charge is 0.309 e. The highest BCUT2D eigenvalue weighted by Gasteiger charge is 2.25. The Morgan fingerprint density at radius 1 is 1.44 bits per heavy atom. The first kappa shape index (κ1) is 15.8. The van der Waals surface area contributed by atoms with Crippen molar-refractivity contribution in [1.29, 1.82) is 0 Å². The van der Waals surface area contributed by atoms with Crippen LogP contribution in [0.4, 0.5) is 0 Å². The zero-order valence-corrected chi connectivity index (χ0v) is 11.4. The summed E-state index contributed by atoms with van der Waals surface area (Å²) in [5.74, 6) is -0.478. The molecule has 0 aromatic carbocycles. The molecular formula is C11H23O4P. The van der Waals surface area contributed by atoms with E-state index >= 15 is 0 Å². The Labute approximate surface area is 99.6 Å². The van der Waals surface area contributed by atoms with E-state index in [0.29, 0.717) is 6.16 Å². The molecule has 0 aliphatic rings. The molecule has 0 aliphatic heterocycles. The third-order valence-corrected chi connectivity index (χ3v) is 2.67. The maximum atomic E-state index is 11.6. The largest absolute Gasteiger partial charge is 0.463 e. The van der Waals surface area contributed by atoms with E-state index in [9.17, 15) is 4.79 Å². The first-order valence-corrected chi connectivity index (χ1v) is 6.27. The van der Waals surface area contributed by atoms with Gasteiger partial charge in [-0.15, -0.1) is 9.24 Å². The summed E-state index contributed by atoms with van der Waals surface area (Å²) in [4.78, 5) is 11.6. The van der Waals surface area contributed by atoms with Crippen LogP contribution in [0.25, 0.3) is 0 Å². The molecule has 0 aliphatic carbocycles. The monoisotopic (exact) mass is 250 g/mol. The van der Waals surface area contributed by atoms with Crippen LogP contribution in [0.3, 0.4) is 0 Å². The summed E-state index contributed by atoms with van der Waals surface area (Å²) < 4.78 is 4.93. The van der Waals surface area contributed by atoms with Gasteiger partial charge in [0.25, 0.3) is 0 Å². The summed E-state index contributed by atoms with van der Waals surface area (Å²) in [6.45, 7) is 5.67. The van der Waals surface area contributed by atoms with Crippen molar-refractivity contribution in [1.82, 2.24) is 0 Å². The minimum Gasteiger partial charge on any atom is -0.463 e. The van der Waals surface area contributed by atoms with E-state index in [1.54, 1.807) is 0 Å². The fourth-order valence-corrected chi connectivity index (χ4v) is 1.71. The molecule has 0 spiro atoms. The second kappa shape index (κ2) is 7.21. The number of carbonyl (C=O) groups is 1.